The van der Waals surface area contributed by atoms with Gasteiger partial charge in [-0.15, -0.1) is 5.26 Å². The molecule has 0 aliphatic rings. The Labute approximate surface area is 136 Å². The van der Waals surface area contributed by atoms with Crippen LogP contribution in [0.25, 0.3) is 0 Å². The van der Waals surface area contributed by atoms with Crippen LogP contribution in [0, 0.1) is 17.4 Å². The maximum absolute atomic E-state index is 12.1. The van der Waals surface area contributed by atoms with Crippen molar-refractivity contribution in [2.45, 2.75) is 26.7 Å². The van der Waals surface area contributed by atoms with E-state index < -0.39 is 0 Å². The molecule has 118 valence electrons. The van der Waals surface area contributed by atoms with Crippen LogP contribution in [0.3, 0.4) is 0 Å². The summed E-state index contributed by atoms with van der Waals surface area (Å²) >= 11 is 0. The zero-order chi connectivity index (χ0) is 16.7. The summed E-state index contributed by atoms with van der Waals surface area (Å²) in [4.78, 5) is 12.1. The van der Waals surface area contributed by atoms with Gasteiger partial charge in [-0.25, -0.2) is 0 Å². The first-order chi connectivity index (χ1) is 11.2. The number of hydrogen-bond donors (Lipinski definition) is 1. The monoisotopic (exact) mass is 308 g/mol. The van der Waals surface area contributed by atoms with Crippen molar-refractivity contribution in [3.8, 4) is 12.0 Å². The van der Waals surface area contributed by atoms with Crippen molar-refractivity contribution in [2.24, 2.45) is 5.92 Å². The molecule has 0 fully saturated rings. The third kappa shape index (κ3) is 4.33. The van der Waals surface area contributed by atoms with Crippen molar-refractivity contribution in [1.82, 2.24) is 0 Å². The van der Waals surface area contributed by atoms with E-state index in [9.17, 15) is 4.79 Å². The van der Waals surface area contributed by atoms with Crippen LogP contribution in [-0.2, 0) is 11.2 Å². The number of rotatable bonds is 6. The summed E-state index contributed by atoms with van der Waals surface area (Å²) in [5.41, 5.74) is 2.68. The van der Waals surface area contributed by atoms with E-state index in [1.54, 1.807) is 12.3 Å². The number of ether oxygens (including phenoxy) is 1. The highest BCUT2D eigenvalue weighted by molar-refractivity contribution is 5.93. The maximum atomic E-state index is 12.1. The average Bonchev–Trinajstić information content (AvgIpc) is 2.57. The van der Waals surface area contributed by atoms with E-state index in [0.717, 1.165) is 23.2 Å². The second-order valence-electron chi connectivity index (χ2n) is 5.43. The van der Waals surface area contributed by atoms with E-state index in [1.807, 2.05) is 56.3 Å². The number of carbonyl (C=O) groups is 1. The largest absolute Gasteiger partial charge is 0.388 e. The molecule has 0 radical (unpaired) electrons. The Hall–Kier alpha value is -2.80. The topological polar surface area (TPSA) is 62.1 Å². The number of benzene rings is 2. The molecule has 0 saturated carbocycles. The number of nitriles is 1. The third-order valence-electron chi connectivity index (χ3n) is 3.84. The van der Waals surface area contributed by atoms with Gasteiger partial charge < -0.3 is 10.1 Å². The number of para-hydroxylation sites is 2. The van der Waals surface area contributed by atoms with E-state index >= 15 is 0 Å². The lowest BCUT2D eigenvalue weighted by Gasteiger charge is -2.14. The molecule has 0 aromatic heterocycles. The molecule has 2 aromatic rings. The van der Waals surface area contributed by atoms with Gasteiger partial charge in [-0.2, -0.15) is 0 Å². The van der Waals surface area contributed by atoms with Crippen molar-refractivity contribution in [3.05, 3.63) is 59.7 Å². The molecule has 0 aliphatic carbocycles. The van der Waals surface area contributed by atoms with Crippen molar-refractivity contribution in [1.29, 1.82) is 5.26 Å². The van der Waals surface area contributed by atoms with E-state index in [4.69, 9.17) is 10.00 Å². The van der Waals surface area contributed by atoms with Crippen molar-refractivity contribution in [2.75, 3.05) is 5.32 Å². The molecule has 0 spiro atoms. The fourth-order valence-electron chi connectivity index (χ4n) is 2.24. The quantitative estimate of drug-likeness (QED) is 0.816. The zero-order valence-corrected chi connectivity index (χ0v) is 13.4. The Bertz CT molecular complexity index is 719. The smallest absolute Gasteiger partial charge is 0.292 e. The molecule has 0 bridgehead atoms. The minimum atomic E-state index is -0.0303. The molecular formula is C19H20N2O2. The summed E-state index contributed by atoms with van der Waals surface area (Å²) in [5.74, 6) is 0.525. The Morgan fingerprint density at radius 1 is 1.17 bits per heavy atom. The lowest BCUT2D eigenvalue weighted by molar-refractivity contribution is -0.119. The fourth-order valence-corrected chi connectivity index (χ4v) is 2.24. The van der Waals surface area contributed by atoms with Gasteiger partial charge >= 0.3 is 0 Å². The molecule has 1 unspecified atom stereocenters. The second-order valence-corrected chi connectivity index (χ2v) is 5.43. The van der Waals surface area contributed by atoms with E-state index in [-0.39, 0.29) is 11.8 Å². The highest BCUT2D eigenvalue weighted by atomic mass is 16.5. The molecule has 23 heavy (non-hydrogen) atoms. The number of carbonyl (C=O) groups excluding carboxylic acids is 1. The molecule has 0 saturated heterocycles. The first kappa shape index (κ1) is 16.6. The molecule has 0 heterocycles. The molecule has 2 rings (SSSR count). The van der Waals surface area contributed by atoms with Crippen molar-refractivity contribution < 1.29 is 9.53 Å². The molecule has 4 nitrogen and oxygen atoms in total. The highest BCUT2D eigenvalue weighted by Crippen LogP contribution is 2.25. The van der Waals surface area contributed by atoms with Gasteiger partial charge in [-0.1, -0.05) is 50.2 Å². The third-order valence-corrected chi connectivity index (χ3v) is 3.84. The number of nitrogens with one attached hydrogen (secondary N) is 1. The summed E-state index contributed by atoms with van der Waals surface area (Å²) in [6, 6.07) is 15.1. The maximum Gasteiger partial charge on any atom is 0.292 e. The van der Waals surface area contributed by atoms with Crippen LogP contribution >= 0.6 is 0 Å². The molecule has 2 aromatic carbocycles. The minimum absolute atomic E-state index is 0.0153. The lowest BCUT2D eigenvalue weighted by atomic mass is 10.0. The first-order valence-electron chi connectivity index (χ1n) is 7.68. The van der Waals surface area contributed by atoms with Crippen LogP contribution in [0.1, 0.15) is 31.4 Å². The Balaban J connectivity index is 2.25. The molecule has 4 heteroatoms. The van der Waals surface area contributed by atoms with Crippen LogP contribution in [0.2, 0.25) is 0 Å². The Morgan fingerprint density at radius 3 is 2.52 bits per heavy atom. The van der Waals surface area contributed by atoms with Gasteiger partial charge in [0.1, 0.15) is 5.75 Å². The summed E-state index contributed by atoms with van der Waals surface area (Å²) in [7, 11) is 0. The number of amides is 1. The van der Waals surface area contributed by atoms with Gasteiger partial charge in [0, 0.05) is 23.6 Å². The summed E-state index contributed by atoms with van der Waals surface area (Å²) < 4.78 is 5.00. The van der Waals surface area contributed by atoms with Gasteiger partial charge in [0.2, 0.25) is 5.91 Å². The average molecular weight is 308 g/mol. The van der Waals surface area contributed by atoms with Gasteiger partial charge in [0.05, 0.1) is 0 Å². The SMILES string of the molecule is CCC(C)C(=O)Nc1ccccc1Cc1ccccc1OC#N. The van der Waals surface area contributed by atoms with Crippen molar-refractivity contribution in [3.63, 3.8) is 0 Å². The highest BCUT2D eigenvalue weighted by Gasteiger charge is 2.13. The van der Waals surface area contributed by atoms with Crippen molar-refractivity contribution >= 4 is 11.6 Å². The predicted octanol–water partition coefficient (Wildman–Crippen LogP) is 4.12. The van der Waals surface area contributed by atoms with E-state index in [0.29, 0.717) is 12.2 Å². The molecule has 0 aliphatic heterocycles. The van der Waals surface area contributed by atoms with Gasteiger partial charge in [-0.05, 0) is 24.1 Å². The molecule has 1 amide bonds. The van der Waals surface area contributed by atoms with Crippen LogP contribution in [-0.4, -0.2) is 5.91 Å². The first-order valence-corrected chi connectivity index (χ1v) is 7.68. The van der Waals surface area contributed by atoms with Gasteiger partial charge in [-0.3, -0.25) is 4.79 Å². The normalized spacial score (nSPS) is 11.3. The Morgan fingerprint density at radius 2 is 1.83 bits per heavy atom. The second kappa shape index (κ2) is 8.00. The standard InChI is InChI=1S/C19H20N2O2/c1-3-14(2)19(22)21-17-10-6-4-8-15(17)12-16-9-5-7-11-18(16)23-13-20/h4-11,14H,3,12H2,1-2H3,(H,21,22). The van der Waals surface area contributed by atoms with E-state index in [2.05, 4.69) is 5.32 Å². The minimum Gasteiger partial charge on any atom is -0.388 e. The molecule has 1 atom stereocenters. The van der Waals surface area contributed by atoms with E-state index in [1.165, 1.54) is 0 Å². The zero-order valence-electron chi connectivity index (χ0n) is 13.4. The Kier molecular flexibility index (Phi) is 5.76. The summed E-state index contributed by atoms with van der Waals surface area (Å²) in [5, 5.41) is 11.7. The lowest BCUT2D eigenvalue weighted by Crippen LogP contribution is -2.20. The van der Waals surface area contributed by atoms with Gasteiger partial charge in [0.25, 0.3) is 6.26 Å². The fraction of sp³-hybridized carbons (Fsp3) is 0.263. The summed E-state index contributed by atoms with van der Waals surface area (Å²) in [6.45, 7) is 3.90. The number of hydrogen-bond acceptors (Lipinski definition) is 3. The van der Waals surface area contributed by atoms with Crippen LogP contribution in [0.15, 0.2) is 48.5 Å². The summed E-state index contributed by atoms with van der Waals surface area (Å²) in [6.07, 6.45) is 3.09. The van der Waals surface area contributed by atoms with Crippen LogP contribution in [0.5, 0.6) is 5.75 Å². The number of nitrogens with zero attached hydrogens (tertiary/aromatic N) is 1. The number of anilines is 1. The van der Waals surface area contributed by atoms with Gasteiger partial charge in [0.15, 0.2) is 0 Å². The predicted molar refractivity (Wildman–Crippen MR) is 90.0 cm³/mol. The van der Waals surface area contributed by atoms with Crippen LogP contribution in [0.4, 0.5) is 5.69 Å². The van der Waals surface area contributed by atoms with Crippen LogP contribution < -0.4 is 10.1 Å². The molecular weight excluding hydrogens is 288 g/mol. The molecule has 1 N–H and O–H groups in total.